The molecule has 0 aromatic heterocycles. The molecule has 0 unspecified atom stereocenters. The summed E-state index contributed by atoms with van der Waals surface area (Å²) in [5.74, 6) is -1.36. The maximum absolute atomic E-state index is 12.0. The van der Waals surface area contributed by atoms with Crippen LogP contribution in [0.4, 0.5) is 0 Å². The Morgan fingerprint density at radius 2 is 1.55 bits per heavy atom. The van der Waals surface area contributed by atoms with Gasteiger partial charge >= 0.3 is 11.9 Å². The summed E-state index contributed by atoms with van der Waals surface area (Å²) in [6, 6.07) is 0. The summed E-state index contributed by atoms with van der Waals surface area (Å²) in [6.45, 7) is 10.2. The normalized spacial score (nSPS) is 12.5. The zero-order valence-corrected chi connectivity index (χ0v) is 13.2. The van der Waals surface area contributed by atoms with Gasteiger partial charge in [-0.1, -0.05) is 5.57 Å². The van der Waals surface area contributed by atoms with E-state index in [2.05, 4.69) is 0 Å². The third-order valence-electron chi connectivity index (χ3n) is 2.39. The molecule has 0 aliphatic heterocycles. The third-order valence-corrected chi connectivity index (χ3v) is 2.39. The molecule has 0 aromatic carbocycles. The molecular formula is C15H24O5. The van der Waals surface area contributed by atoms with E-state index in [1.807, 2.05) is 0 Å². The van der Waals surface area contributed by atoms with Gasteiger partial charge in [0.05, 0.1) is 6.61 Å². The SMILES string of the molecule is CCOC(=O)CC/C(C)=C(/C(C)=O)C(=O)OC(C)(C)C. The summed E-state index contributed by atoms with van der Waals surface area (Å²) < 4.78 is 10.0. The molecule has 0 atom stereocenters. The lowest BCUT2D eigenvalue weighted by Crippen LogP contribution is -2.27. The van der Waals surface area contributed by atoms with Gasteiger partial charge in [0.25, 0.3) is 0 Å². The van der Waals surface area contributed by atoms with Crippen LogP contribution >= 0.6 is 0 Å². The second-order valence-electron chi connectivity index (χ2n) is 5.52. The molecule has 20 heavy (non-hydrogen) atoms. The van der Waals surface area contributed by atoms with Crippen LogP contribution < -0.4 is 0 Å². The van der Waals surface area contributed by atoms with Crippen LogP contribution in [0, 0.1) is 0 Å². The Labute approximate surface area is 120 Å². The maximum Gasteiger partial charge on any atom is 0.342 e. The quantitative estimate of drug-likeness (QED) is 0.324. The van der Waals surface area contributed by atoms with Crippen molar-refractivity contribution in [3.63, 3.8) is 0 Å². The molecule has 0 spiro atoms. The topological polar surface area (TPSA) is 69.7 Å². The van der Waals surface area contributed by atoms with Gasteiger partial charge in [0.2, 0.25) is 0 Å². The Morgan fingerprint density at radius 3 is 1.95 bits per heavy atom. The fourth-order valence-corrected chi connectivity index (χ4v) is 1.60. The maximum atomic E-state index is 12.0. The Bertz CT molecular complexity index is 412. The molecule has 0 rings (SSSR count). The molecule has 0 N–H and O–H groups in total. The molecule has 5 heteroatoms. The van der Waals surface area contributed by atoms with Gasteiger partial charge in [-0.25, -0.2) is 4.79 Å². The van der Waals surface area contributed by atoms with Crippen LogP contribution in [0.25, 0.3) is 0 Å². The summed E-state index contributed by atoms with van der Waals surface area (Å²) in [4.78, 5) is 34.9. The molecule has 0 bridgehead atoms. The van der Waals surface area contributed by atoms with Crippen LogP contribution in [-0.2, 0) is 23.9 Å². The van der Waals surface area contributed by atoms with E-state index < -0.39 is 11.6 Å². The van der Waals surface area contributed by atoms with E-state index in [0.29, 0.717) is 18.6 Å². The lowest BCUT2D eigenvalue weighted by Gasteiger charge is -2.20. The van der Waals surface area contributed by atoms with Gasteiger partial charge in [-0.2, -0.15) is 0 Å². The zero-order chi connectivity index (χ0) is 15.9. The molecule has 0 aliphatic carbocycles. The first-order valence-corrected chi connectivity index (χ1v) is 6.68. The van der Waals surface area contributed by atoms with Crippen LogP contribution in [0.3, 0.4) is 0 Å². The van der Waals surface area contributed by atoms with Gasteiger partial charge in [-0.15, -0.1) is 0 Å². The van der Waals surface area contributed by atoms with E-state index in [1.54, 1.807) is 34.6 Å². The zero-order valence-electron chi connectivity index (χ0n) is 13.2. The van der Waals surface area contributed by atoms with Gasteiger partial charge in [-0.05, 0) is 48.0 Å². The molecule has 0 radical (unpaired) electrons. The number of rotatable bonds is 6. The van der Waals surface area contributed by atoms with Crippen LogP contribution in [0.5, 0.6) is 0 Å². The number of hydrogen-bond acceptors (Lipinski definition) is 5. The first-order valence-electron chi connectivity index (χ1n) is 6.68. The number of carbonyl (C=O) groups is 3. The minimum absolute atomic E-state index is 0.0178. The number of hydrogen-bond donors (Lipinski definition) is 0. The number of ketones is 1. The predicted octanol–water partition coefficient (Wildman–Crippen LogP) is 2.58. The monoisotopic (exact) mass is 284 g/mol. The average molecular weight is 284 g/mol. The Balaban J connectivity index is 4.95. The van der Waals surface area contributed by atoms with Crippen molar-refractivity contribution in [1.82, 2.24) is 0 Å². The first-order chi connectivity index (χ1) is 9.08. The molecule has 5 nitrogen and oxygen atoms in total. The number of esters is 2. The van der Waals surface area contributed by atoms with Gasteiger partial charge in [-0.3, -0.25) is 9.59 Å². The minimum Gasteiger partial charge on any atom is -0.466 e. The summed E-state index contributed by atoms with van der Waals surface area (Å²) in [6.07, 6.45) is 0.437. The molecule has 0 saturated carbocycles. The average Bonchev–Trinajstić information content (AvgIpc) is 2.23. The van der Waals surface area contributed by atoms with Crippen molar-refractivity contribution in [2.45, 2.75) is 60.0 Å². The highest BCUT2D eigenvalue weighted by molar-refractivity contribution is 6.17. The van der Waals surface area contributed by atoms with Crippen molar-refractivity contribution in [2.24, 2.45) is 0 Å². The molecule has 0 aliphatic rings. The summed E-state index contributed by atoms with van der Waals surface area (Å²) in [5.41, 5.74) is -0.108. The van der Waals surface area contributed by atoms with E-state index in [4.69, 9.17) is 9.47 Å². The van der Waals surface area contributed by atoms with Crippen molar-refractivity contribution < 1.29 is 23.9 Å². The highest BCUT2D eigenvalue weighted by Gasteiger charge is 2.24. The standard InChI is InChI=1S/C15H24O5/c1-7-19-12(17)9-8-10(2)13(11(3)16)14(18)20-15(4,5)6/h7-9H2,1-6H3/b13-10-. The third kappa shape index (κ3) is 7.07. The van der Waals surface area contributed by atoms with E-state index in [-0.39, 0.29) is 23.7 Å². The second kappa shape index (κ2) is 7.82. The van der Waals surface area contributed by atoms with Crippen molar-refractivity contribution in [1.29, 1.82) is 0 Å². The van der Waals surface area contributed by atoms with Crippen molar-refractivity contribution >= 4 is 17.7 Å². The van der Waals surface area contributed by atoms with Crippen LogP contribution in [0.1, 0.15) is 54.4 Å². The highest BCUT2D eigenvalue weighted by Crippen LogP contribution is 2.17. The lowest BCUT2D eigenvalue weighted by molar-refractivity contribution is -0.151. The number of carbonyl (C=O) groups excluding carboxylic acids is 3. The summed E-state index contributed by atoms with van der Waals surface area (Å²) >= 11 is 0. The highest BCUT2D eigenvalue weighted by atomic mass is 16.6. The smallest absolute Gasteiger partial charge is 0.342 e. The summed E-state index contributed by atoms with van der Waals surface area (Å²) in [7, 11) is 0. The Kier molecular flexibility index (Phi) is 7.18. The predicted molar refractivity (Wildman–Crippen MR) is 75.1 cm³/mol. The minimum atomic E-state index is -0.667. The van der Waals surface area contributed by atoms with E-state index in [0.717, 1.165) is 0 Å². The van der Waals surface area contributed by atoms with Gasteiger partial charge in [0, 0.05) is 6.42 Å². The van der Waals surface area contributed by atoms with Crippen molar-refractivity contribution in [3.8, 4) is 0 Å². The molecular weight excluding hydrogens is 260 g/mol. The molecule has 0 heterocycles. The van der Waals surface area contributed by atoms with Crippen LogP contribution in [0.15, 0.2) is 11.1 Å². The molecule has 0 fully saturated rings. The largest absolute Gasteiger partial charge is 0.466 e. The number of allylic oxidation sites excluding steroid dienone is 1. The Hall–Kier alpha value is -1.65. The fraction of sp³-hybridized carbons (Fsp3) is 0.667. The van der Waals surface area contributed by atoms with E-state index in [9.17, 15) is 14.4 Å². The summed E-state index contributed by atoms with van der Waals surface area (Å²) in [5, 5.41) is 0. The van der Waals surface area contributed by atoms with Crippen molar-refractivity contribution in [2.75, 3.05) is 6.61 Å². The molecule has 0 saturated heterocycles. The Morgan fingerprint density at radius 1 is 1.00 bits per heavy atom. The second-order valence-corrected chi connectivity index (χ2v) is 5.52. The van der Waals surface area contributed by atoms with Crippen LogP contribution in [0.2, 0.25) is 0 Å². The molecule has 0 aromatic rings. The molecule has 0 amide bonds. The van der Waals surface area contributed by atoms with Gasteiger partial charge < -0.3 is 9.47 Å². The van der Waals surface area contributed by atoms with Gasteiger partial charge in [0.15, 0.2) is 5.78 Å². The van der Waals surface area contributed by atoms with Gasteiger partial charge in [0.1, 0.15) is 11.2 Å². The lowest BCUT2D eigenvalue weighted by atomic mass is 10.0. The van der Waals surface area contributed by atoms with Crippen LogP contribution in [-0.4, -0.2) is 29.9 Å². The number of ether oxygens (including phenoxy) is 2. The first kappa shape index (κ1) is 18.4. The molecule has 114 valence electrons. The number of Topliss-reactive ketones (excluding diaryl/α,β-unsaturated/α-hetero) is 1. The van der Waals surface area contributed by atoms with E-state index >= 15 is 0 Å². The fourth-order valence-electron chi connectivity index (χ4n) is 1.60. The van der Waals surface area contributed by atoms with Crippen molar-refractivity contribution in [3.05, 3.63) is 11.1 Å². The van der Waals surface area contributed by atoms with E-state index in [1.165, 1.54) is 6.92 Å².